The topological polar surface area (TPSA) is 88.0 Å². The molecule has 2 atom stereocenters. The number of alkyl halides is 3. The van der Waals surface area contributed by atoms with Crippen LogP contribution < -0.4 is 4.72 Å². The molecule has 12 heteroatoms. The number of nitrogens with zero attached hydrogens (tertiary/aromatic N) is 1. The molecule has 2 N–H and O–H groups in total. The standard InChI is InChI=1S/C20H20BrF3N2O4S2.C2H6/c1-31-18(11-5-8-14-7-4-10-17(30-25-14)20(22,23)24)32(29)26-16(19(27)28)12-13-6-2-3-9-15(13)21;1-2/h2-3,5-6,8-11,16,26H,4,7,12H2,1H3,(H,27,28);1-2H3/b8-5+,18-11+;. The van der Waals surface area contributed by atoms with Gasteiger partial charge in [-0.05, 0) is 49.0 Å². The smallest absolute Gasteiger partial charge is 0.451 e. The van der Waals surface area contributed by atoms with Gasteiger partial charge in [0.25, 0.3) is 0 Å². The van der Waals surface area contributed by atoms with Crippen LogP contribution in [0.3, 0.4) is 0 Å². The maximum absolute atomic E-state index is 12.7. The van der Waals surface area contributed by atoms with E-state index in [1.54, 1.807) is 30.5 Å². The van der Waals surface area contributed by atoms with Crippen molar-refractivity contribution in [1.29, 1.82) is 0 Å². The first kappa shape index (κ1) is 30.1. The van der Waals surface area contributed by atoms with E-state index in [9.17, 15) is 27.3 Å². The van der Waals surface area contributed by atoms with Gasteiger partial charge >= 0.3 is 12.1 Å². The number of nitrogens with one attached hydrogen (secondary N) is 1. The fourth-order valence-corrected chi connectivity index (χ4v) is 4.69. The largest absolute Gasteiger partial charge is 0.480 e. The van der Waals surface area contributed by atoms with Crippen LogP contribution >= 0.6 is 27.7 Å². The number of hydrogen-bond acceptors (Lipinski definition) is 5. The summed E-state index contributed by atoms with van der Waals surface area (Å²) in [6, 6.07) is 6.05. The zero-order chi connectivity index (χ0) is 25.7. The van der Waals surface area contributed by atoms with Gasteiger partial charge in [0.1, 0.15) is 17.0 Å². The number of rotatable bonds is 9. The second kappa shape index (κ2) is 15.2. The third-order valence-electron chi connectivity index (χ3n) is 4.10. The molecular formula is C22H26BrF3N2O4S2. The number of oxime groups is 1. The third kappa shape index (κ3) is 10.2. The highest BCUT2D eigenvalue weighted by molar-refractivity contribution is 9.10. The molecule has 1 heterocycles. The second-order valence-electron chi connectivity index (χ2n) is 6.40. The highest BCUT2D eigenvalue weighted by atomic mass is 79.9. The Morgan fingerprint density at radius 3 is 2.65 bits per heavy atom. The molecule has 34 heavy (non-hydrogen) atoms. The van der Waals surface area contributed by atoms with Crippen LogP contribution in [0.5, 0.6) is 0 Å². The van der Waals surface area contributed by atoms with Crippen molar-refractivity contribution in [3.05, 3.63) is 68.6 Å². The lowest BCUT2D eigenvalue weighted by Gasteiger charge is -2.15. The van der Waals surface area contributed by atoms with E-state index in [2.05, 4.69) is 30.6 Å². The molecule has 2 rings (SSSR count). The zero-order valence-corrected chi connectivity index (χ0v) is 22.0. The van der Waals surface area contributed by atoms with Crippen molar-refractivity contribution in [3.63, 3.8) is 0 Å². The summed E-state index contributed by atoms with van der Waals surface area (Å²) in [5.41, 5.74) is 1.03. The average Bonchev–Trinajstić information content (AvgIpc) is 3.05. The molecule has 1 aliphatic heterocycles. The molecule has 0 spiro atoms. The fraction of sp³-hybridized carbons (Fsp3) is 0.364. The van der Waals surface area contributed by atoms with E-state index < -0.39 is 34.9 Å². The van der Waals surface area contributed by atoms with Crippen molar-refractivity contribution >= 4 is 50.4 Å². The summed E-state index contributed by atoms with van der Waals surface area (Å²) < 4.78 is 54.4. The zero-order valence-electron chi connectivity index (χ0n) is 18.8. The van der Waals surface area contributed by atoms with Crippen molar-refractivity contribution in [2.24, 2.45) is 5.16 Å². The minimum absolute atomic E-state index is 0.111. The lowest BCUT2D eigenvalue weighted by Crippen LogP contribution is -2.39. The number of carboxylic acids is 1. The van der Waals surface area contributed by atoms with Gasteiger partial charge in [-0.1, -0.05) is 59.2 Å². The Morgan fingerprint density at radius 2 is 2.06 bits per heavy atom. The molecule has 0 saturated heterocycles. The summed E-state index contributed by atoms with van der Waals surface area (Å²) in [4.78, 5) is 16.1. The lowest BCUT2D eigenvalue weighted by atomic mass is 10.1. The van der Waals surface area contributed by atoms with Gasteiger partial charge in [-0.2, -0.15) is 13.2 Å². The monoisotopic (exact) mass is 582 g/mol. The van der Waals surface area contributed by atoms with Crippen LogP contribution in [0.1, 0.15) is 32.3 Å². The summed E-state index contributed by atoms with van der Waals surface area (Å²) in [5, 5.41) is 13.0. The normalized spacial score (nSPS) is 16.4. The Morgan fingerprint density at radius 1 is 1.38 bits per heavy atom. The maximum atomic E-state index is 12.7. The molecule has 0 fully saturated rings. The van der Waals surface area contributed by atoms with Gasteiger partial charge in [-0.15, -0.1) is 11.8 Å². The highest BCUT2D eigenvalue weighted by Crippen LogP contribution is 2.28. The van der Waals surface area contributed by atoms with Gasteiger partial charge in [-0.3, -0.25) is 4.79 Å². The molecule has 6 nitrogen and oxygen atoms in total. The second-order valence-corrected chi connectivity index (χ2v) is 9.57. The molecule has 2 unspecified atom stereocenters. The molecule has 0 saturated carbocycles. The van der Waals surface area contributed by atoms with Crippen LogP contribution in [0.2, 0.25) is 0 Å². The maximum Gasteiger partial charge on any atom is 0.451 e. The molecule has 1 aliphatic rings. The van der Waals surface area contributed by atoms with E-state index in [1.807, 2.05) is 13.8 Å². The lowest BCUT2D eigenvalue weighted by molar-refractivity contribution is -0.138. The Bertz CT molecular complexity index is 979. The van der Waals surface area contributed by atoms with Crippen molar-refractivity contribution in [3.8, 4) is 0 Å². The highest BCUT2D eigenvalue weighted by Gasteiger charge is 2.37. The average molecular weight is 583 g/mol. The number of thioether (sulfide) groups is 1. The van der Waals surface area contributed by atoms with E-state index >= 15 is 0 Å². The fourth-order valence-electron chi connectivity index (χ4n) is 2.52. The Hall–Kier alpha value is -1.89. The van der Waals surface area contributed by atoms with Crippen LogP contribution in [-0.2, 0) is 27.0 Å². The Kier molecular flexibility index (Phi) is 13.5. The molecule has 0 aliphatic carbocycles. The van der Waals surface area contributed by atoms with Crippen LogP contribution in [0, 0.1) is 0 Å². The van der Waals surface area contributed by atoms with Crippen LogP contribution in [0.15, 0.2) is 68.2 Å². The van der Waals surface area contributed by atoms with Crippen LogP contribution in [-0.4, -0.2) is 39.5 Å². The van der Waals surface area contributed by atoms with E-state index in [1.165, 1.54) is 18.2 Å². The molecule has 0 amide bonds. The van der Waals surface area contributed by atoms with Gasteiger partial charge in [0.15, 0.2) is 0 Å². The number of carbonyl (C=O) groups is 1. The first-order valence-corrected chi connectivity index (χ1v) is 13.4. The van der Waals surface area contributed by atoms with Crippen LogP contribution in [0.25, 0.3) is 0 Å². The Balaban J connectivity index is 0.00000281. The van der Waals surface area contributed by atoms with Crippen molar-refractivity contribution in [1.82, 2.24) is 4.72 Å². The molecule has 188 valence electrons. The molecule has 1 aromatic carbocycles. The first-order valence-electron chi connectivity index (χ1n) is 10.2. The quantitative estimate of drug-likeness (QED) is 0.343. The van der Waals surface area contributed by atoms with Gasteiger partial charge in [-0.25, -0.2) is 8.93 Å². The number of carboxylic acid groups (broad SMARTS) is 1. The summed E-state index contributed by atoms with van der Waals surface area (Å²) >= 11 is 4.52. The molecular weight excluding hydrogens is 557 g/mol. The van der Waals surface area contributed by atoms with Gasteiger partial charge in [0.05, 0.1) is 9.95 Å². The number of aliphatic carboxylic acids is 1. The molecule has 1 aromatic rings. The number of halogens is 4. The predicted octanol–water partition coefficient (Wildman–Crippen LogP) is 6.10. The summed E-state index contributed by atoms with van der Waals surface area (Å²) in [6.07, 6.45) is 2.89. The SMILES string of the molecule is CC.CS/C(=C\C=C\C1=NOC(C(F)(F)F)=CCC1)S(=O)NC(Cc1ccccc1Br)C(=O)O. The van der Waals surface area contributed by atoms with Gasteiger partial charge in [0, 0.05) is 10.9 Å². The van der Waals surface area contributed by atoms with Crippen molar-refractivity contribution in [2.75, 3.05) is 6.26 Å². The summed E-state index contributed by atoms with van der Waals surface area (Å²) in [6.45, 7) is 4.00. The van der Waals surface area contributed by atoms with E-state index in [4.69, 9.17) is 0 Å². The molecule has 0 bridgehead atoms. The Labute approximate surface area is 212 Å². The van der Waals surface area contributed by atoms with E-state index in [0.717, 1.165) is 27.9 Å². The predicted molar refractivity (Wildman–Crippen MR) is 135 cm³/mol. The van der Waals surface area contributed by atoms with Crippen LogP contribution in [0.4, 0.5) is 13.2 Å². The first-order chi connectivity index (χ1) is 16.1. The molecule has 0 radical (unpaired) electrons. The number of hydrogen-bond donors (Lipinski definition) is 2. The number of allylic oxidation sites excluding steroid dienone is 5. The van der Waals surface area contributed by atoms with E-state index in [0.29, 0.717) is 4.24 Å². The van der Waals surface area contributed by atoms with Gasteiger partial charge < -0.3 is 9.94 Å². The third-order valence-corrected chi connectivity index (χ3v) is 7.37. The minimum atomic E-state index is -4.60. The van der Waals surface area contributed by atoms with E-state index in [-0.39, 0.29) is 25.0 Å². The molecule has 0 aromatic heterocycles. The van der Waals surface area contributed by atoms with Crippen molar-refractivity contribution < 1.29 is 32.1 Å². The number of benzene rings is 1. The minimum Gasteiger partial charge on any atom is -0.480 e. The summed E-state index contributed by atoms with van der Waals surface area (Å²) in [7, 11) is -1.82. The van der Waals surface area contributed by atoms with Gasteiger partial charge in [0.2, 0.25) is 5.76 Å². The van der Waals surface area contributed by atoms with Crippen molar-refractivity contribution in [2.45, 2.75) is 45.3 Å². The summed E-state index contributed by atoms with van der Waals surface area (Å²) in [5.74, 6) is -2.31.